The Hall–Kier alpha value is -0.563. The number of hydrogen-bond acceptors (Lipinski definition) is 3. The summed E-state index contributed by atoms with van der Waals surface area (Å²) < 4.78 is 27.8. The number of primary sulfonamides is 1. The van der Waals surface area contributed by atoms with E-state index in [1.807, 2.05) is 19.6 Å². The van der Waals surface area contributed by atoms with Gasteiger partial charge in [0.1, 0.15) is 5.75 Å². The van der Waals surface area contributed by atoms with E-state index in [4.69, 9.17) is 21.2 Å². The van der Waals surface area contributed by atoms with Gasteiger partial charge in [0.2, 0.25) is 18.3 Å². The van der Waals surface area contributed by atoms with E-state index in [-0.39, 0.29) is 9.92 Å². The molecule has 1 aromatic carbocycles. The fourth-order valence-corrected chi connectivity index (χ4v) is 2.80. The molecule has 0 atom stereocenters. The lowest BCUT2D eigenvalue weighted by atomic mass is 10.3. The molecule has 90 valence electrons. The predicted molar refractivity (Wildman–Crippen MR) is 66.8 cm³/mol. The Morgan fingerprint density at radius 2 is 1.88 bits per heavy atom. The largest absolute Gasteiger partial charge is 0.543 e. The summed E-state index contributed by atoms with van der Waals surface area (Å²) in [6.45, 7) is 6.03. The van der Waals surface area contributed by atoms with E-state index < -0.39 is 18.3 Å². The Balaban J connectivity index is 3.11. The van der Waals surface area contributed by atoms with Gasteiger partial charge < -0.3 is 4.43 Å². The smallest absolute Gasteiger partial charge is 0.242 e. The topological polar surface area (TPSA) is 69.4 Å². The van der Waals surface area contributed by atoms with Crippen LogP contribution in [-0.2, 0) is 10.0 Å². The average Bonchev–Trinajstić information content (AvgIpc) is 2.04. The molecule has 0 radical (unpaired) electrons. The van der Waals surface area contributed by atoms with Gasteiger partial charge in [0.25, 0.3) is 0 Å². The molecule has 0 unspecified atom stereocenters. The second-order valence-corrected chi connectivity index (χ2v) is 10.7. The first-order chi connectivity index (χ1) is 7.09. The highest BCUT2D eigenvalue weighted by Crippen LogP contribution is 2.28. The zero-order valence-corrected chi connectivity index (χ0v) is 11.9. The summed E-state index contributed by atoms with van der Waals surface area (Å²) in [6, 6.07) is 4.21. The Bertz CT molecular complexity index is 496. The van der Waals surface area contributed by atoms with Gasteiger partial charge in [-0.2, -0.15) is 0 Å². The zero-order chi connectivity index (χ0) is 12.6. The summed E-state index contributed by atoms with van der Waals surface area (Å²) in [5.41, 5.74) is 0. The van der Waals surface area contributed by atoms with E-state index in [0.717, 1.165) is 0 Å². The lowest BCUT2D eigenvalue weighted by molar-refractivity contribution is 0.557. The maximum absolute atomic E-state index is 11.1. The van der Waals surface area contributed by atoms with Crippen LogP contribution in [0.4, 0.5) is 0 Å². The minimum absolute atomic E-state index is 0.0135. The molecule has 0 aliphatic rings. The monoisotopic (exact) mass is 279 g/mol. The fraction of sp³-hybridized carbons (Fsp3) is 0.333. The summed E-state index contributed by atoms with van der Waals surface area (Å²) in [6.07, 6.45) is 0. The van der Waals surface area contributed by atoms with Crippen LogP contribution in [0.25, 0.3) is 0 Å². The van der Waals surface area contributed by atoms with E-state index in [1.165, 1.54) is 18.2 Å². The third-order valence-corrected chi connectivity index (χ3v) is 3.69. The van der Waals surface area contributed by atoms with Crippen molar-refractivity contribution < 1.29 is 12.8 Å². The molecular weight excluding hydrogens is 266 g/mol. The van der Waals surface area contributed by atoms with Gasteiger partial charge in [-0.15, -0.1) is 0 Å². The van der Waals surface area contributed by atoms with E-state index >= 15 is 0 Å². The summed E-state index contributed by atoms with van der Waals surface area (Å²) in [5.74, 6) is 0.494. The van der Waals surface area contributed by atoms with Gasteiger partial charge in [-0.05, 0) is 37.8 Å². The van der Waals surface area contributed by atoms with Crippen molar-refractivity contribution in [2.75, 3.05) is 0 Å². The minimum Gasteiger partial charge on any atom is -0.543 e. The van der Waals surface area contributed by atoms with Crippen molar-refractivity contribution in [2.24, 2.45) is 5.14 Å². The van der Waals surface area contributed by atoms with E-state index in [0.29, 0.717) is 5.75 Å². The van der Waals surface area contributed by atoms with Gasteiger partial charge in [0.15, 0.2) is 0 Å². The van der Waals surface area contributed by atoms with E-state index in [9.17, 15) is 8.42 Å². The first-order valence-corrected chi connectivity index (χ1v) is 9.94. The molecular formula is C9H14ClNO3SSi. The molecule has 4 nitrogen and oxygen atoms in total. The molecule has 1 aromatic rings. The molecule has 0 aromatic heterocycles. The molecule has 0 aliphatic heterocycles. The number of sulfonamides is 1. The molecule has 2 N–H and O–H groups in total. The molecule has 7 heteroatoms. The van der Waals surface area contributed by atoms with Crippen LogP contribution in [0, 0.1) is 0 Å². The number of halogens is 1. The highest BCUT2D eigenvalue weighted by molar-refractivity contribution is 7.89. The second kappa shape index (κ2) is 4.36. The lowest BCUT2D eigenvalue weighted by Gasteiger charge is -2.20. The standard InChI is InChI=1S/C9H14ClNO3SSi/c1-16(2,3)14-9-5-4-7(6-8(9)10)15(11,12)13/h4-6H,1-3H3,(H2,11,12,13). The highest BCUT2D eigenvalue weighted by Gasteiger charge is 2.19. The molecule has 0 fully saturated rings. The first-order valence-electron chi connectivity index (χ1n) is 4.61. The maximum Gasteiger partial charge on any atom is 0.242 e. The molecule has 0 spiro atoms. The normalized spacial score (nSPS) is 12.6. The fourth-order valence-electron chi connectivity index (χ4n) is 1.07. The van der Waals surface area contributed by atoms with Gasteiger partial charge in [-0.3, -0.25) is 0 Å². The van der Waals surface area contributed by atoms with Gasteiger partial charge in [0, 0.05) is 0 Å². The summed E-state index contributed by atoms with van der Waals surface area (Å²) >= 11 is 5.92. The van der Waals surface area contributed by atoms with Crippen LogP contribution in [0.2, 0.25) is 24.7 Å². The van der Waals surface area contributed by atoms with Crippen molar-refractivity contribution in [1.82, 2.24) is 0 Å². The van der Waals surface area contributed by atoms with Crippen LogP contribution < -0.4 is 9.56 Å². The van der Waals surface area contributed by atoms with Crippen molar-refractivity contribution in [3.8, 4) is 5.75 Å². The van der Waals surface area contributed by atoms with Crippen molar-refractivity contribution in [3.05, 3.63) is 23.2 Å². The summed E-state index contributed by atoms with van der Waals surface area (Å²) in [5, 5.41) is 5.24. The Kier molecular flexibility index (Phi) is 3.68. The molecule has 0 aliphatic carbocycles. The third-order valence-electron chi connectivity index (χ3n) is 1.65. The van der Waals surface area contributed by atoms with E-state index in [2.05, 4.69) is 0 Å². The summed E-state index contributed by atoms with van der Waals surface area (Å²) in [7, 11) is -5.47. The lowest BCUT2D eigenvalue weighted by Crippen LogP contribution is -2.29. The second-order valence-electron chi connectivity index (χ2n) is 4.35. The van der Waals surface area contributed by atoms with Crippen molar-refractivity contribution in [2.45, 2.75) is 24.5 Å². The van der Waals surface area contributed by atoms with Gasteiger partial charge in [-0.1, -0.05) is 11.6 Å². The first kappa shape index (κ1) is 13.5. The van der Waals surface area contributed by atoms with Crippen LogP contribution >= 0.6 is 11.6 Å². The van der Waals surface area contributed by atoms with Crippen LogP contribution in [0.3, 0.4) is 0 Å². The molecule has 0 heterocycles. The summed E-state index contributed by atoms with van der Waals surface area (Å²) in [4.78, 5) is -0.0135. The number of nitrogens with two attached hydrogens (primary N) is 1. The third kappa shape index (κ3) is 3.78. The van der Waals surface area contributed by atoms with Crippen molar-refractivity contribution in [3.63, 3.8) is 0 Å². The quantitative estimate of drug-likeness (QED) is 0.863. The van der Waals surface area contributed by atoms with Crippen LogP contribution in [0.15, 0.2) is 23.1 Å². The van der Waals surface area contributed by atoms with Crippen LogP contribution in [-0.4, -0.2) is 16.7 Å². The Morgan fingerprint density at radius 3 is 2.25 bits per heavy atom. The van der Waals surface area contributed by atoms with Crippen molar-refractivity contribution >= 4 is 29.9 Å². The minimum atomic E-state index is -3.71. The molecule has 0 saturated heterocycles. The van der Waals surface area contributed by atoms with Crippen LogP contribution in [0.5, 0.6) is 5.75 Å². The van der Waals surface area contributed by atoms with Gasteiger partial charge in [-0.25, -0.2) is 13.6 Å². The van der Waals surface area contributed by atoms with Gasteiger partial charge in [0.05, 0.1) is 9.92 Å². The molecule has 0 saturated carbocycles. The molecule has 1 rings (SSSR count). The number of benzene rings is 1. The zero-order valence-electron chi connectivity index (χ0n) is 9.32. The number of hydrogen-bond donors (Lipinski definition) is 1. The van der Waals surface area contributed by atoms with Gasteiger partial charge >= 0.3 is 0 Å². The Morgan fingerprint density at radius 1 is 1.31 bits per heavy atom. The van der Waals surface area contributed by atoms with Crippen LogP contribution in [0.1, 0.15) is 0 Å². The average molecular weight is 280 g/mol. The molecule has 0 bridgehead atoms. The maximum atomic E-state index is 11.1. The number of rotatable bonds is 3. The SMILES string of the molecule is C[Si](C)(C)Oc1ccc(S(N)(=O)=O)cc1Cl. The molecule has 0 amide bonds. The highest BCUT2D eigenvalue weighted by atomic mass is 35.5. The van der Waals surface area contributed by atoms with Crippen molar-refractivity contribution in [1.29, 1.82) is 0 Å². The Labute approximate surface area is 102 Å². The molecule has 16 heavy (non-hydrogen) atoms. The predicted octanol–water partition coefficient (Wildman–Crippen LogP) is 2.20. The van der Waals surface area contributed by atoms with E-state index in [1.54, 1.807) is 0 Å².